The van der Waals surface area contributed by atoms with Gasteiger partial charge in [0.1, 0.15) is 17.3 Å². The molecule has 0 radical (unpaired) electrons. The SMILES string of the molecule is CCOc1ccc(/C(O)=C2/C(=O)C(=O)N(C3CCCC3)C2c2ccc(OC(C)C)cc2)cc1C(C)C. The molecule has 6 nitrogen and oxygen atoms in total. The first-order valence-corrected chi connectivity index (χ1v) is 13.1. The van der Waals surface area contributed by atoms with Crippen molar-refractivity contribution in [2.75, 3.05) is 6.61 Å². The number of carbonyl (C=O) groups is 2. The van der Waals surface area contributed by atoms with E-state index in [9.17, 15) is 14.7 Å². The molecule has 36 heavy (non-hydrogen) atoms. The number of Topliss-reactive ketones (excluding diaryl/α,β-unsaturated/α-hetero) is 1. The average Bonchev–Trinajstić information content (AvgIpc) is 3.46. The zero-order chi connectivity index (χ0) is 26.0. The zero-order valence-electron chi connectivity index (χ0n) is 21.9. The molecule has 4 rings (SSSR count). The van der Waals surface area contributed by atoms with Crippen molar-refractivity contribution in [1.29, 1.82) is 0 Å². The highest BCUT2D eigenvalue weighted by Gasteiger charge is 2.49. The molecule has 1 aliphatic heterocycles. The van der Waals surface area contributed by atoms with Crippen LogP contribution in [-0.2, 0) is 9.59 Å². The lowest BCUT2D eigenvalue weighted by Crippen LogP contribution is -2.37. The van der Waals surface area contributed by atoms with Gasteiger partial charge < -0.3 is 19.5 Å². The van der Waals surface area contributed by atoms with Gasteiger partial charge in [-0.15, -0.1) is 0 Å². The number of amides is 1. The molecule has 2 aromatic rings. The van der Waals surface area contributed by atoms with Crippen LogP contribution in [0.4, 0.5) is 0 Å². The largest absolute Gasteiger partial charge is 0.507 e. The van der Waals surface area contributed by atoms with Gasteiger partial charge in [0.2, 0.25) is 0 Å². The second kappa shape index (κ2) is 10.8. The zero-order valence-corrected chi connectivity index (χ0v) is 21.9. The number of aliphatic hydroxyl groups is 1. The Labute approximate surface area is 213 Å². The number of benzene rings is 2. The molecule has 2 aromatic carbocycles. The second-order valence-electron chi connectivity index (χ2n) is 10.2. The highest BCUT2D eigenvalue weighted by molar-refractivity contribution is 6.46. The van der Waals surface area contributed by atoms with Crippen LogP contribution >= 0.6 is 0 Å². The molecule has 1 amide bonds. The minimum Gasteiger partial charge on any atom is -0.507 e. The van der Waals surface area contributed by atoms with Crippen molar-refractivity contribution in [3.63, 3.8) is 0 Å². The van der Waals surface area contributed by atoms with Crippen LogP contribution < -0.4 is 9.47 Å². The minimum absolute atomic E-state index is 0.0186. The smallest absolute Gasteiger partial charge is 0.295 e. The monoisotopic (exact) mass is 491 g/mol. The molecular weight excluding hydrogens is 454 g/mol. The molecule has 2 fully saturated rings. The molecule has 1 saturated carbocycles. The van der Waals surface area contributed by atoms with Gasteiger partial charge in [0.05, 0.1) is 24.3 Å². The van der Waals surface area contributed by atoms with Crippen LogP contribution in [0.2, 0.25) is 0 Å². The summed E-state index contributed by atoms with van der Waals surface area (Å²) in [5, 5.41) is 11.5. The number of hydrogen-bond acceptors (Lipinski definition) is 5. The fraction of sp³-hybridized carbons (Fsp3) is 0.467. The van der Waals surface area contributed by atoms with Crippen LogP contribution in [-0.4, -0.2) is 40.4 Å². The van der Waals surface area contributed by atoms with E-state index in [4.69, 9.17) is 9.47 Å². The number of rotatable bonds is 8. The van der Waals surface area contributed by atoms with Gasteiger partial charge in [-0.1, -0.05) is 38.8 Å². The topological polar surface area (TPSA) is 76.1 Å². The third-order valence-electron chi connectivity index (χ3n) is 6.97. The predicted molar refractivity (Wildman–Crippen MR) is 140 cm³/mol. The highest BCUT2D eigenvalue weighted by atomic mass is 16.5. The average molecular weight is 492 g/mol. The molecule has 1 N–H and O–H groups in total. The van der Waals surface area contributed by atoms with Crippen LogP contribution in [0.25, 0.3) is 5.76 Å². The molecule has 192 valence electrons. The van der Waals surface area contributed by atoms with Gasteiger partial charge in [-0.25, -0.2) is 0 Å². The van der Waals surface area contributed by atoms with Crippen LogP contribution in [0.15, 0.2) is 48.0 Å². The Kier molecular flexibility index (Phi) is 7.72. The van der Waals surface area contributed by atoms with E-state index in [1.807, 2.05) is 57.2 Å². The predicted octanol–water partition coefficient (Wildman–Crippen LogP) is 6.36. The van der Waals surface area contributed by atoms with Gasteiger partial charge in [0.15, 0.2) is 0 Å². The summed E-state index contributed by atoms with van der Waals surface area (Å²) in [6, 6.07) is 12.3. The van der Waals surface area contributed by atoms with Crippen LogP contribution in [0.5, 0.6) is 11.5 Å². The first-order chi connectivity index (χ1) is 17.2. The van der Waals surface area contributed by atoms with Gasteiger partial charge in [0.25, 0.3) is 11.7 Å². The van der Waals surface area contributed by atoms with Crippen molar-refractivity contribution >= 4 is 17.4 Å². The number of likely N-dealkylation sites (tertiary alicyclic amines) is 1. The lowest BCUT2D eigenvalue weighted by Gasteiger charge is -2.31. The molecular formula is C30H37NO5. The van der Waals surface area contributed by atoms with E-state index in [-0.39, 0.29) is 29.4 Å². The molecule has 6 heteroatoms. The van der Waals surface area contributed by atoms with Crippen molar-refractivity contribution in [3.05, 3.63) is 64.7 Å². The third kappa shape index (κ3) is 4.99. The van der Waals surface area contributed by atoms with Gasteiger partial charge in [-0.05, 0) is 81.0 Å². The molecule has 1 atom stereocenters. The van der Waals surface area contributed by atoms with E-state index >= 15 is 0 Å². The summed E-state index contributed by atoms with van der Waals surface area (Å²) in [5.74, 6) is 0.320. The fourth-order valence-electron chi connectivity index (χ4n) is 5.33. The van der Waals surface area contributed by atoms with E-state index in [1.165, 1.54) is 0 Å². The Balaban J connectivity index is 1.83. The molecule has 0 aromatic heterocycles. The van der Waals surface area contributed by atoms with Gasteiger partial charge >= 0.3 is 0 Å². The first kappa shape index (κ1) is 25.8. The molecule has 0 spiro atoms. The number of ketones is 1. The van der Waals surface area contributed by atoms with Crippen LogP contribution in [0.3, 0.4) is 0 Å². The second-order valence-corrected chi connectivity index (χ2v) is 10.2. The Hall–Kier alpha value is -3.28. The summed E-state index contributed by atoms with van der Waals surface area (Å²) in [6.45, 7) is 10.5. The quantitative estimate of drug-likeness (QED) is 0.264. The Morgan fingerprint density at radius 1 is 1.03 bits per heavy atom. The normalized spacial score (nSPS) is 20.1. The standard InChI is InChI=1S/C30H37NO5/c1-6-35-25-16-13-21(17-24(25)18(2)3)28(32)26-27(20-11-14-23(15-12-20)36-19(4)5)31(30(34)29(26)33)22-9-7-8-10-22/h11-19,22,27,32H,6-10H2,1-5H3/b28-26-. The molecule has 1 saturated heterocycles. The summed E-state index contributed by atoms with van der Waals surface area (Å²) in [4.78, 5) is 28.5. The Morgan fingerprint density at radius 2 is 1.69 bits per heavy atom. The summed E-state index contributed by atoms with van der Waals surface area (Å²) < 4.78 is 11.6. The molecule has 1 aliphatic carbocycles. The van der Waals surface area contributed by atoms with Crippen molar-refractivity contribution < 1.29 is 24.2 Å². The minimum atomic E-state index is -0.643. The van der Waals surface area contributed by atoms with Gasteiger partial charge in [-0.2, -0.15) is 0 Å². The van der Waals surface area contributed by atoms with E-state index in [1.54, 1.807) is 11.0 Å². The van der Waals surface area contributed by atoms with E-state index < -0.39 is 17.7 Å². The maximum absolute atomic E-state index is 13.4. The number of hydrogen-bond donors (Lipinski definition) is 1. The van der Waals surface area contributed by atoms with E-state index in [2.05, 4.69) is 13.8 Å². The number of aliphatic hydroxyl groups excluding tert-OH is 1. The van der Waals surface area contributed by atoms with Crippen molar-refractivity contribution in [3.8, 4) is 11.5 Å². The summed E-state index contributed by atoms with van der Waals surface area (Å²) in [7, 11) is 0. The highest BCUT2D eigenvalue weighted by Crippen LogP contribution is 2.44. The maximum atomic E-state index is 13.4. The lowest BCUT2D eigenvalue weighted by atomic mass is 9.92. The lowest BCUT2D eigenvalue weighted by molar-refractivity contribution is -0.141. The summed E-state index contributed by atoms with van der Waals surface area (Å²) in [6.07, 6.45) is 3.81. The van der Waals surface area contributed by atoms with Crippen molar-refractivity contribution in [1.82, 2.24) is 4.90 Å². The third-order valence-corrected chi connectivity index (χ3v) is 6.97. The van der Waals surface area contributed by atoms with Crippen LogP contribution in [0, 0.1) is 0 Å². The number of ether oxygens (including phenoxy) is 2. The molecule has 1 unspecified atom stereocenters. The molecule has 1 heterocycles. The number of nitrogens with zero attached hydrogens (tertiary/aromatic N) is 1. The van der Waals surface area contributed by atoms with Gasteiger partial charge in [-0.3, -0.25) is 9.59 Å². The number of carbonyl (C=O) groups excluding carboxylic acids is 2. The Bertz CT molecular complexity index is 1140. The fourth-order valence-corrected chi connectivity index (χ4v) is 5.33. The van der Waals surface area contributed by atoms with Crippen LogP contribution in [0.1, 0.15) is 89.0 Å². The Morgan fingerprint density at radius 3 is 2.28 bits per heavy atom. The first-order valence-electron chi connectivity index (χ1n) is 13.1. The van der Waals surface area contributed by atoms with Crippen molar-refractivity contribution in [2.24, 2.45) is 0 Å². The van der Waals surface area contributed by atoms with E-state index in [0.717, 1.165) is 48.3 Å². The summed E-state index contributed by atoms with van der Waals surface area (Å²) >= 11 is 0. The molecule has 0 bridgehead atoms. The van der Waals surface area contributed by atoms with E-state index in [0.29, 0.717) is 12.2 Å². The van der Waals surface area contributed by atoms with Gasteiger partial charge in [0, 0.05) is 11.6 Å². The maximum Gasteiger partial charge on any atom is 0.295 e. The summed E-state index contributed by atoms with van der Waals surface area (Å²) in [5.41, 5.74) is 2.38. The molecule has 2 aliphatic rings. The van der Waals surface area contributed by atoms with Crippen molar-refractivity contribution in [2.45, 2.75) is 84.4 Å².